The topological polar surface area (TPSA) is 56.2 Å². The number of fused-ring (bicyclic) bond motifs is 1. The molecule has 3 rings (SSSR count). The minimum absolute atomic E-state index is 0.107. The van der Waals surface area contributed by atoms with Crippen LogP contribution in [0.3, 0.4) is 0 Å². The molecule has 0 radical (unpaired) electrons. The van der Waals surface area contributed by atoms with Crippen LogP contribution in [0.25, 0.3) is 11.0 Å². The van der Waals surface area contributed by atoms with Crippen molar-refractivity contribution in [1.82, 2.24) is 14.9 Å². The molecule has 1 aliphatic rings. The molecule has 1 atom stereocenters. The third-order valence-corrected chi connectivity index (χ3v) is 3.94. The normalized spacial score (nSPS) is 18.6. The molecule has 1 unspecified atom stereocenters. The molecule has 1 N–H and O–H groups in total. The number of nitrogens with one attached hydrogen (secondary N) is 1. The van der Waals surface area contributed by atoms with Crippen molar-refractivity contribution in [3.05, 3.63) is 29.0 Å². The Balaban J connectivity index is 1.74. The van der Waals surface area contributed by atoms with E-state index in [-0.39, 0.29) is 12.0 Å². The van der Waals surface area contributed by atoms with E-state index in [4.69, 9.17) is 16.3 Å². The number of carbonyl (C=O) groups excluding carboxylic acids is 1. The average Bonchev–Trinajstić information content (AvgIpc) is 3.05. The Bertz CT molecular complexity index is 647. The first-order chi connectivity index (χ1) is 9.65. The first-order valence-corrected chi connectivity index (χ1v) is 7.05. The van der Waals surface area contributed by atoms with Gasteiger partial charge in [-0.1, -0.05) is 0 Å². The quantitative estimate of drug-likeness (QED) is 0.943. The van der Waals surface area contributed by atoms with Gasteiger partial charge in [0, 0.05) is 25.8 Å². The van der Waals surface area contributed by atoms with Crippen LogP contribution in [-0.2, 0) is 11.8 Å². The van der Waals surface area contributed by atoms with Gasteiger partial charge in [-0.2, -0.15) is 0 Å². The summed E-state index contributed by atoms with van der Waals surface area (Å²) in [6.07, 6.45) is 2.22. The van der Waals surface area contributed by atoms with E-state index in [0.29, 0.717) is 17.4 Å². The summed E-state index contributed by atoms with van der Waals surface area (Å²) in [5, 5.41) is 3.31. The van der Waals surface area contributed by atoms with Gasteiger partial charge in [0.15, 0.2) is 0 Å². The van der Waals surface area contributed by atoms with Gasteiger partial charge in [-0.05, 0) is 42.6 Å². The van der Waals surface area contributed by atoms with Crippen molar-refractivity contribution in [3.8, 4) is 0 Å². The molecule has 1 fully saturated rings. The molecule has 2 heterocycles. The lowest BCUT2D eigenvalue weighted by atomic mass is 10.1. The second kappa shape index (κ2) is 5.42. The first-order valence-electron chi connectivity index (χ1n) is 6.67. The fourth-order valence-electron chi connectivity index (χ4n) is 2.43. The van der Waals surface area contributed by atoms with Gasteiger partial charge in [0.1, 0.15) is 0 Å². The molecule has 2 aromatic rings. The van der Waals surface area contributed by atoms with E-state index in [1.165, 1.54) is 0 Å². The summed E-state index contributed by atoms with van der Waals surface area (Å²) in [5.74, 6) is -0.107. The summed E-state index contributed by atoms with van der Waals surface area (Å²) in [6.45, 7) is 1.35. The molecule has 5 nitrogen and oxygen atoms in total. The molecular weight excluding hydrogens is 278 g/mol. The maximum atomic E-state index is 12.1. The van der Waals surface area contributed by atoms with Crippen molar-refractivity contribution >= 4 is 28.5 Å². The van der Waals surface area contributed by atoms with Gasteiger partial charge >= 0.3 is 0 Å². The molecule has 1 aromatic heterocycles. The van der Waals surface area contributed by atoms with E-state index in [1.807, 2.05) is 13.1 Å². The maximum absolute atomic E-state index is 12.1. The van der Waals surface area contributed by atoms with Crippen LogP contribution in [0, 0.1) is 0 Å². The number of nitrogens with zero attached hydrogens (tertiary/aromatic N) is 2. The van der Waals surface area contributed by atoms with Gasteiger partial charge in [-0.15, -0.1) is 0 Å². The number of halogens is 1. The summed E-state index contributed by atoms with van der Waals surface area (Å²) in [7, 11) is 1.84. The Morgan fingerprint density at radius 1 is 1.60 bits per heavy atom. The van der Waals surface area contributed by atoms with Crippen molar-refractivity contribution < 1.29 is 9.53 Å². The lowest BCUT2D eigenvalue weighted by Crippen LogP contribution is -2.31. The number of aromatic nitrogens is 2. The van der Waals surface area contributed by atoms with Gasteiger partial charge in [-0.25, -0.2) is 4.98 Å². The van der Waals surface area contributed by atoms with E-state index in [0.717, 1.165) is 30.5 Å². The molecule has 1 amide bonds. The van der Waals surface area contributed by atoms with Gasteiger partial charge < -0.3 is 14.6 Å². The molecule has 1 saturated heterocycles. The summed E-state index contributed by atoms with van der Waals surface area (Å²) in [4.78, 5) is 16.3. The second-order valence-electron chi connectivity index (χ2n) is 4.99. The van der Waals surface area contributed by atoms with Crippen molar-refractivity contribution in [3.63, 3.8) is 0 Å². The molecule has 1 aliphatic heterocycles. The Hall–Kier alpha value is -1.59. The predicted octanol–water partition coefficient (Wildman–Crippen LogP) is 2.14. The number of amides is 1. The molecule has 20 heavy (non-hydrogen) atoms. The average molecular weight is 294 g/mol. The fraction of sp³-hybridized carbons (Fsp3) is 0.429. The highest BCUT2D eigenvalue weighted by molar-refractivity contribution is 6.29. The monoisotopic (exact) mass is 293 g/mol. The highest BCUT2D eigenvalue weighted by atomic mass is 35.5. The van der Waals surface area contributed by atoms with E-state index in [9.17, 15) is 4.79 Å². The zero-order chi connectivity index (χ0) is 14.1. The standard InChI is InChI=1S/C14H16ClN3O2/c1-18-12-5-4-9(7-11(12)17-14(18)15)13(19)16-8-10-3-2-6-20-10/h4-5,7,10H,2-3,6,8H2,1H3,(H,16,19). The van der Waals surface area contributed by atoms with Crippen LogP contribution in [0.4, 0.5) is 0 Å². The number of rotatable bonds is 3. The van der Waals surface area contributed by atoms with Crippen molar-refractivity contribution in [2.45, 2.75) is 18.9 Å². The van der Waals surface area contributed by atoms with Crippen LogP contribution in [0.5, 0.6) is 0 Å². The highest BCUT2D eigenvalue weighted by Crippen LogP contribution is 2.19. The van der Waals surface area contributed by atoms with Crippen LogP contribution in [0.2, 0.25) is 5.28 Å². The molecule has 0 saturated carbocycles. The summed E-state index contributed by atoms with van der Waals surface area (Å²) in [6, 6.07) is 5.40. The number of benzene rings is 1. The number of hydrogen-bond donors (Lipinski definition) is 1. The van der Waals surface area contributed by atoms with Gasteiger partial charge in [-0.3, -0.25) is 4.79 Å². The van der Waals surface area contributed by atoms with E-state index < -0.39 is 0 Å². The maximum Gasteiger partial charge on any atom is 0.251 e. The van der Waals surface area contributed by atoms with E-state index >= 15 is 0 Å². The molecule has 0 bridgehead atoms. The largest absolute Gasteiger partial charge is 0.376 e. The lowest BCUT2D eigenvalue weighted by molar-refractivity contribution is 0.0858. The van der Waals surface area contributed by atoms with Crippen LogP contribution >= 0.6 is 11.6 Å². The van der Waals surface area contributed by atoms with Crippen molar-refractivity contribution in [2.75, 3.05) is 13.2 Å². The van der Waals surface area contributed by atoms with E-state index in [2.05, 4.69) is 10.3 Å². The van der Waals surface area contributed by atoms with E-state index in [1.54, 1.807) is 16.7 Å². The number of aryl methyl sites for hydroxylation is 1. The van der Waals surface area contributed by atoms with Crippen molar-refractivity contribution in [2.24, 2.45) is 7.05 Å². The van der Waals surface area contributed by atoms with Crippen molar-refractivity contribution in [1.29, 1.82) is 0 Å². The minimum atomic E-state index is -0.107. The minimum Gasteiger partial charge on any atom is -0.376 e. The number of hydrogen-bond acceptors (Lipinski definition) is 3. The summed E-state index contributed by atoms with van der Waals surface area (Å²) < 4.78 is 7.26. The zero-order valence-electron chi connectivity index (χ0n) is 11.2. The molecule has 6 heteroatoms. The number of carbonyl (C=O) groups is 1. The summed E-state index contributed by atoms with van der Waals surface area (Å²) in [5.41, 5.74) is 2.22. The van der Waals surface area contributed by atoms with Gasteiger partial charge in [0.05, 0.1) is 17.1 Å². The number of ether oxygens (including phenoxy) is 1. The zero-order valence-corrected chi connectivity index (χ0v) is 12.0. The fourth-order valence-corrected chi connectivity index (χ4v) is 2.61. The molecule has 0 spiro atoms. The molecule has 106 valence electrons. The third-order valence-electron chi connectivity index (χ3n) is 3.60. The Kier molecular flexibility index (Phi) is 3.63. The SMILES string of the molecule is Cn1c(Cl)nc2cc(C(=O)NCC3CCCO3)ccc21. The van der Waals surface area contributed by atoms with Crippen LogP contribution in [-0.4, -0.2) is 34.7 Å². The Labute approximate surface area is 121 Å². The Morgan fingerprint density at radius 2 is 2.45 bits per heavy atom. The van der Waals surface area contributed by atoms with Crippen LogP contribution < -0.4 is 5.32 Å². The smallest absolute Gasteiger partial charge is 0.251 e. The molecular formula is C14H16ClN3O2. The second-order valence-corrected chi connectivity index (χ2v) is 5.33. The molecule has 1 aromatic carbocycles. The van der Waals surface area contributed by atoms with Gasteiger partial charge in [0.25, 0.3) is 5.91 Å². The van der Waals surface area contributed by atoms with Crippen LogP contribution in [0.1, 0.15) is 23.2 Å². The highest BCUT2D eigenvalue weighted by Gasteiger charge is 2.17. The predicted molar refractivity (Wildman–Crippen MR) is 77.0 cm³/mol. The lowest BCUT2D eigenvalue weighted by Gasteiger charge is -2.10. The van der Waals surface area contributed by atoms with Gasteiger partial charge in [0.2, 0.25) is 5.28 Å². The third kappa shape index (κ3) is 2.51. The number of imidazole rings is 1. The first kappa shape index (κ1) is 13.4. The molecule has 0 aliphatic carbocycles. The summed E-state index contributed by atoms with van der Waals surface area (Å²) >= 11 is 5.97. The Morgan fingerprint density at radius 3 is 3.20 bits per heavy atom. The van der Waals surface area contributed by atoms with Crippen LogP contribution in [0.15, 0.2) is 18.2 Å².